The smallest absolute Gasteiger partial charge is 0.347 e. The molecule has 2 aromatic rings. The molecule has 6 heteroatoms. The summed E-state index contributed by atoms with van der Waals surface area (Å²) in [5.74, 6) is 0.470. The molecule has 5 nitrogen and oxygen atoms in total. The molecular formula is C13H12O5S. The quantitative estimate of drug-likeness (QED) is 0.765. The zero-order valence-electron chi connectivity index (χ0n) is 10.4. The van der Waals surface area contributed by atoms with Gasteiger partial charge in [-0.25, -0.2) is 4.79 Å². The summed E-state index contributed by atoms with van der Waals surface area (Å²) < 4.78 is 17.0. The molecule has 0 spiro atoms. The van der Waals surface area contributed by atoms with Crippen molar-refractivity contribution in [1.82, 2.24) is 0 Å². The van der Waals surface area contributed by atoms with Crippen LogP contribution in [-0.4, -0.2) is 14.4 Å². The Kier molecular flexibility index (Phi) is 2.47. The second-order valence-corrected chi connectivity index (χ2v) is 6.16. The van der Waals surface area contributed by atoms with E-state index in [1.165, 1.54) is 6.92 Å². The van der Waals surface area contributed by atoms with Crippen LogP contribution in [0.2, 0.25) is 0 Å². The lowest BCUT2D eigenvalue weighted by Crippen LogP contribution is -2.15. The summed E-state index contributed by atoms with van der Waals surface area (Å²) in [6, 6.07) is 0. The zero-order valence-corrected chi connectivity index (χ0v) is 11.3. The van der Waals surface area contributed by atoms with Gasteiger partial charge in [0.1, 0.15) is 22.6 Å². The molecule has 0 bridgehead atoms. The van der Waals surface area contributed by atoms with Crippen LogP contribution in [0.3, 0.4) is 0 Å². The van der Waals surface area contributed by atoms with Crippen LogP contribution in [0.1, 0.15) is 22.5 Å². The van der Waals surface area contributed by atoms with Gasteiger partial charge in [-0.15, -0.1) is 0 Å². The topological polar surface area (TPSA) is 87.7 Å². The molecule has 19 heavy (non-hydrogen) atoms. The SMILES string of the molecule is Cc1oc(=O)c2c(O)c(C)c(O)c3c2c1C[S@@](=O)C3. The maximum Gasteiger partial charge on any atom is 0.347 e. The summed E-state index contributed by atoms with van der Waals surface area (Å²) in [7, 11) is -1.15. The molecule has 0 aliphatic carbocycles. The number of aryl methyl sites for hydroxylation is 1. The van der Waals surface area contributed by atoms with Crippen molar-refractivity contribution in [3.8, 4) is 11.5 Å². The number of hydrogen-bond donors (Lipinski definition) is 2. The van der Waals surface area contributed by atoms with E-state index in [0.717, 1.165) is 0 Å². The fraction of sp³-hybridized carbons (Fsp3) is 0.308. The molecule has 2 N–H and O–H groups in total. The number of benzene rings is 1. The van der Waals surface area contributed by atoms with Gasteiger partial charge in [-0.1, -0.05) is 0 Å². The largest absolute Gasteiger partial charge is 0.507 e. The van der Waals surface area contributed by atoms with E-state index in [4.69, 9.17) is 4.42 Å². The van der Waals surface area contributed by atoms with Crippen molar-refractivity contribution in [2.24, 2.45) is 0 Å². The molecule has 100 valence electrons. The molecule has 1 aliphatic rings. The Hall–Kier alpha value is -1.82. The molecule has 1 atom stereocenters. The third-order valence-corrected chi connectivity index (χ3v) is 4.79. The molecule has 0 saturated heterocycles. The van der Waals surface area contributed by atoms with Gasteiger partial charge in [0.2, 0.25) is 0 Å². The van der Waals surface area contributed by atoms with Gasteiger partial charge < -0.3 is 14.6 Å². The lowest BCUT2D eigenvalue weighted by atomic mass is 9.97. The summed E-state index contributed by atoms with van der Waals surface area (Å²) in [6.45, 7) is 3.13. The third kappa shape index (κ3) is 1.53. The Morgan fingerprint density at radius 3 is 2.37 bits per heavy atom. The Balaban J connectivity index is 2.66. The van der Waals surface area contributed by atoms with Crippen LogP contribution in [0, 0.1) is 13.8 Å². The minimum atomic E-state index is -1.15. The Labute approximate surface area is 110 Å². The average molecular weight is 280 g/mol. The zero-order chi connectivity index (χ0) is 13.9. The summed E-state index contributed by atoms with van der Waals surface area (Å²) >= 11 is 0. The van der Waals surface area contributed by atoms with E-state index >= 15 is 0 Å². The summed E-state index contributed by atoms with van der Waals surface area (Å²) in [4.78, 5) is 11.9. The number of rotatable bonds is 0. The Morgan fingerprint density at radius 1 is 1.05 bits per heavy atom. The summed E-state index contributed by atoms with van der Waals surface area (Å²) in [5, 5.41) is 20.7. The van der Waals surface area contributed by atoms with Crippen molar-refractivity contribution in [2.75, 3.05) is 0 Å². The van der Waals surface area contributed by atoms with E-state index in [1.54, 1.807) is 6.92 Å². The fourth-order valence-electron chi connectivity index (χ4n) is 2.56. The molecule has 0 radical (unpaired) electrons. The van der Waals surface area contributed by atoms with Crippen molar-refractivity contribution in [2.45, 2.75) is 25.4 Å². The van der Waals surface area contributed by atoms with Crippen LogP contribution in [0.5, 0.6) is 11.5 Å². The first-order valence-electron chi connectivity index (χ1n) is 5.76. The molecule has 0 unspecified atom stereocenters. The predicted molar refractivity (Wildman–Crippen MR) is 70.8 cm³/mol. The minimum absolute atomic E-state index is 0.0719. The highest BCUT2D eigenvalue weighted by atomic mass is 32.2. The van der Waals surface area contributed by atoms with Crippen LogP contribution < -0.4 is 5.63 Å². The van der Waals surface area contributed by atoms with E-state index in [-0.39, 0.29) is 34.0 Å². The maximum absolute atomic E-state index is 11.9. The van der Waals surface area contributed by atoms with Gasteiger partial charge in [0.25, 0.3) is 0 Å². The lowest BCUT2D eigenvalue weighted by molar-refractivity contribution is 0.438. The van der Waals surface area contributed by atoms with E-state index in [9.17, 15) is 19.2 Å². The first-order valence-corrected chi connectivity index (χ1v) is 7.25. The van der Waals surface area contributed by atoms with Crippen molar-refractivity contribution >= 4 is 21.6 Å². The standard InChI is InChI=1S/C13H12O5S/c1-5-11(14)8-4-19(17)3-7-6(2)18-13(16)10(9(7)8)12(5)15/h14-15H,3-4H2,1-2H3/t19-/m1/s1. The van der Waals surface area contributed by atoms with Crippen molar-refractivity contribution < 1.29 is 18.8 Å². The predicted octanol–water partition coefficient (Wildman–Crippen LogP) is 1.58. The first kappa shape index (κ1) is 12.2. The monoisotopic (exact) mass is 280 g/mol. The second kappa shape index (κ2) is 3.84. The van der Waals surface area contributed by atoms with Crippen molar-refractivity contribution in [1.29, 1.82) is 0 Å². The van der Waals surface area contributed by atoms with Crippen LogP contribution in [0.15, 0.2) is 9.21 Å². The Morgan fingerprint density at radius 2 is 1.68 bits per heavy atom. The van der Waals surface area contributed by atoms with Crippen LogP contribution in [-0.2, 0) is 22.3 Å². The second-order valence-electron chi connectivity index (χ2n) is 4.70. The van der Waals surface area contributed by atoms with Gasteiger partial charge in [-0.3, -0.25) is 4.21 Å². The highest BCUT2D eigenvalue weighted by molar-refractivity contribution is 7.83. The van der Waals surface area contributed by atoms with Gasteiger partial charge in [0, 0.05) is 32.9 Å². The lowest BCUT2D eigenvalue weighted by Gasteiger charge is -2.20. The maximum atomic E-state index is 11.9. The number of aromatic hydroxyl groups is 2. The molecular weight excluding hydrogens is 268 g/mol. The average Bonchev–Trinajstić information content (AvgIpc) is 2.35. The summed E-state index contributed by atoms with van der Waals surface area (Å²) in [6.07, 6.45) is 0. The number of phenolic OH excluding ortho intramolecular Hbond substituents is 2. The third-order valence-electron chi connectivity index (χ3n) is 3.57. The van der Waals surface area contributed by atoms with E-state index in [1.807, 2.05) is 0 Å². The van der Waals surface area contributed by atoms with E-state index in [0.29, 0.717) is 22.3 Å². The van der Waals surface area contributed by atoms with Crippen molar-refractivity contribution in [3.05, 3.63) is 32.9 Å². The van der Waals surface area contributed by atoms with Crippen LogP contribution in [0.25, 0.3) is 10.8 Å². The first-order chi connectivity index (χ1) is 8.91. The Bertz CT molecular complexity index is 803. The van der Waals surface area contributed by atoms with E-state index < -0.39 is 16.4 Å². The van der Waals surface area contributed by atoms with Gasteiger partial charge in [0.05, 0.1) is 11.5 Å². The van der Waals surface area contributed by atoms with Gasteiger partial charge in [-0.05, 0) is 13.8 Å². The van der Waals surface area contributed by atoms with Crippen molar-refractivity contribution in [3.63, 3.8) is 0 Å². The molecule has 2 heterocycles. The molecule has 1 aromatic heterocycles. The summed E-state index contributed by atoms with van der Waals surface area (Å²) in [5.41, 5.74) is 0.662. The fourth-order valence-corrected chi connectivity index (χ4v) is 3.94. The molecule has 3 rings (SSSR count). The normalized spacial score (nSPS) is 17.9. The van der Waals surface area contributed by atoms with Gasteiger partial charge >= 0.3 is 5.63 Å². The minimum Gasteiger partial charge on any atom is -0.507 e. The number of phenols is 2. The molecule has 1 aromatic carbocycles. The van der Waals surface area contributed by atoms with Gasteiger partial charge in [-0.2, -0.15) is 0 Å². The molecule has 1 aliphatic heterocycles. The van der Waals surface area contributed by atoms with Gasteiger partial charge in [0.15, 0.2) is 0 Å². The molecule has 0 amide bonds. The molecule has 0 saturated carbocycles. The van der Waals surface area contributed by atoms with Crippen LogP contribution >= 0.6 is 0 Å². The number of hydrogen-bond acceptors (Lipinski definition) is 5. The highest BCUT2D eigenvalue weighted by Gasteiger charge is 2.28. The van der Waals surface area contributed by atoms with E-state index in [2.05, 4.69) is 0 Å². The van der Waals surface area contributed by atoms with Crippen LogP contribution in [0.4, 0.5) is 0 Å². The molecule has 0 fully saturated rings. The highest BCUT2D eigenvalue weighted by Crippen LogP contribution is 2.42.